The van der Waals surface area contributed by atoms with Crippen molar-refractivity contribution in [3.8, 4) is 0 Å². The molecule has 1 aromatic heterocycles. The summed E-state index contributed by atoms with van der Waals surface area (Å²) in [6.45, 7) is 2.03. The molecule has 1 heterocycles. The van der Waals surface area contributed by atoms with E-state index in [0.717, 1.165) is 16.7 Å². The Morgan fingerprint density at radius 1 is 1.33 bits per heavy atom. The van der Waals surface area contributed by atoms with E-state index in [-0.39, 0.29) is 6.04 Å². The summed E-state index contributed by atoms with van der Waals surface area (Å²) in [5, 5.41) is 1.16. The van der Waals surface area contributed by atoms with E-state index in [9.17, 15) is 0 Å². The normalized spacial score (nSPS) is 13.5. The van der Waals surface area contributed by atoms with Gasteiger partial charge in [-0.3, -0.25) is 0 Å². The lowest BCUT2D eigenvalue weighted by molar-refractivity contribution is -0.424. The van der Waals surface area contributed by atoms with Crippen molar-refractivity contribution in [3.63, 3.8) is 0 Å². The van der Waals surface area contributed by atoms with Crippen molar-refractivity contribution in [1.29, 1.82) is 0 Å². The first kappa shape index (κ1) is 7.37. The number of para-hydroxylation sites is 1. The highest BCUT2D eigenvalue weighted by Crippen LogP contribution is 2.21. The van der Waals surface area contributed by atoms with Crippen LogP contribution in [-0.2, 0) is 0 Å². The molecule has 0 amide bonds. The van der Waals surface area contributed by atoms with Crippen LogP contribution in [0.25, 0.3) is 11.0 Å². The van der Waals surface area contributed by atoms with Gasteiger partial charge in [0.25, 0.3) is 0 Å². The Bertz CT molecular complexity index is 356. The number of quaternary nitrogens is 1. The summed E-state index contributed by atoms with van der Waals surface area (Å²) in [6.07, 6.45) is 0. The number of furan rings is 1. The molecule has 1 aromatic carbocycles. The van der Waals surface area contributed by atoms with Crippen LogP contribution in [0.2, 0.25) is 0 Å². The van der Waals surface area contributed by atoms with Crippen LogP contribution in [-0.4, -0.2) is 0 Å². The minimum Gasteiger partial charge on any atom is -0.455 e. The first-order chi connectivity index (χ1) is 5.77. The van der Waals surface area contributed by atoms with Crippen molar-refractivity contribution in [2.45, 2.75) is 13.0 Å². The number of benzene rings is 1. The van der Waals surface area contributed by atoms with Crippen LogP contribution in [0.15, 0.2) is 34.7 Å². The SMILES string of the molecule is C[C@H]([NH3+])c1cc2ccccc2o1. The highest BCUT2D eigenvalue weighted by molar-refractivity contribution is 5.77. The van der Waals surface area contributed by atoms with Gasteiger partial charge in [-0.25, -0.2) is 0 Å². The zero-order valence-electron chi connectivity index (χ0n) is 7.08. The largest absolute Gasteiger partial charge is 0.455 e. The fraction of sp³-hybridized carbons (Fsp3) is 0.200. The number of fused-ring (bicyclic) bond motifs is 1. The van der Waals surface area contributed by atoms with E-state index >= 15 is 0 Å². The highest BCUT2D eigenvalue weighted by Gasteiger charge is 2.08. The van der Waals surface area contributed by atoms with E-state index in [1.807, 2.05) is 37.3 Å². The quantitative estimate of drug-likeness (QED) is 0.681. The Morgan fingerprint density at radius 3 is 2.75 bits per heavy atom. The molecule has 0 spiro atoms. The molecule has 0 aliphatic rings. The molecule has 0 saturated carbocycles. The van der Waals surface area contributed by atoms with E-state index < -0.39 is 0 Å². The van der Waals surface area contributed by atoms with Gasteiger partial charge in [0.2, 0.25) is 0 Å². The van der Waals surface area contributed by atoms with E-state index in [2.05, 4.69) is 5.73 Å². The standard InChI is InChI=1S/C10H11NO/c1-7(11)10-6-8-4-2-3-5-9(8)12-10/h2-7H,11H2,1H3/p+1/t7-/m0/s1. The second kappa shape index (κ2) is 2.64. The van der Waals surface area contributed by atoms with E-state index in [4.69, 9.17) is 4.42 Å². The fourth-order valence-corrected chi connectivity index (χ4v) is 1.25. The number of rotatable bonds is 1. The smallest absolute Gasteiger partial charge is 0.162 e. The summed E-state index contributed by atoms with van der Waals surface area (Å²) in [7, 11) is 0. The lowest BCUT2D eigenvalue weighted by atomic mass is 10.2. The number of hydrogen-bond donors (Lipinski definition) is 1. The average molecular weight is 162 g/mol. The second-order valence-corrected chi connectivity index (χ2v) is 3.09. The molecular formula is C10H12NO+. The molecule has 2 aromatic rings. The van der Waals surface area contributed by atoms with Crippen LogP contribution in [0.3, 0.4) is 0 Å². The first-order valence-electron chi connectivity index (χ1n) is 4.09. The lowest BCUT2D eigenvalue weighted by Crippen LogP contribution is -2.51. The zero-order valence-corrected chi connectivity index (χ0v) is 7.08. The van der Waals surface area contributed by atoms with Gasteiger partial charge in [0.05, 0.1) is 0 Å². The first-order valence-corrected chi connectivity index (χ1v) is 4.09. The molecule has 12 heavy (non-hydrogen) atoms. The summed E-state index contributed by atoms with van der Waals surface area (Å²) in [6, 6.07) is 10.3. The predicted octanol–water partition coefficient (Wildman–Crippen LogP) is 1.74. The Kier molecular flexibility index (Phi) is 1.62. The average Bonchev–Trinajstić information content (AvgIpc) is 2.46. The molecular weight excluding hydrogens is 150 g/mol. The molecule has 0 unspecified atom stereocenters. The Hall–Kier alpha value is -1.28. The van der Waals surface area contributed by atoms with Crippen molar-refractivity contribution in [1.82, 2.24) is 0 Å². The van der Waals surface area contributed by atoms with Crippen LogP contribution in [0.4, 0.5) is 0 Å². The Morgan fingerprint density at radius 2 is 2.08 bits per heavy atom. The fourth-order valence-electron chi connectivity index (χ4n) is 1.25. The maximum atomic E-state index is 5.57. The lowest BCUT2D eigenvalue weighted by Gasteiger charge is -1.92. The van der Waals surface area contributed by atoms with Gasteiger partial charge in [-0.1, -0.05) is 18.2 Å². The Balaban J connectivity index is 2.62. The number of hydrogen-bond acceptors (Lipinski definition) is 1. The van der Waals surface area contributed by atoms with E-state index in [1.54, 1.807) is 0 Å². The van der Waals surface area contributed by atoms with Crippen molar-refractivity contribution in [2.75, 3.05) is 0 Å². The topological polar surface area (TPSA) is 40.8 Å². The van der Waals surface area contributed by atoms with Gasteiger partial charge in [0, 0.05) is 5.39 Å². The molecule has 3 N–H and O–H groups in total. The third-order valence-corrected chi connectivity index (χ3v) is 1.93. The molecule has 0 aliphatic heterocycles. The van der Waals surface area contributed by atoms with Gasteiger partial charge < -0.3 is 10.2 Å². The third-order valence-electron chi connectivity index (χ3n) is 1.93. The molecule has 0 saturated heterocycles. The molecule has 2 nitrogen and oxygen atoms in total. The van der Waals surface area contributed by atoms with Gasteiger partial charge in [-0.2, -0.15) is 0 Å². The van der Waals surface area contributed by atoms with Gasteiger partial charge in [0.15, 0.2) is 5.76 Å². The van der Waals surface area contributed by atoms with E-state index in [0.29, 0.717) is 0 Å². The highest BCUT2D eigenvalue weighted by atomic mass is 16.3. The van der Waals surface area contributed by atoms with Gasteiger partial charge in [-0.15, -0.1) is 0 Å². The van der Waals surface area contributed by atoms with Crippen LogP contribution in [0.1, 0.15) is 18.7 Å². The van der Waals surface area contributed by atoms with Gasteiger partial charge in [-0.05, 0) is 19.1 Å². The summed E-state index contributed by atoms with van der Waals surface area (Å²) < 4.78 is 5.57. The minimum atomic E-state index is 0.220. The summed E-state index contributed by atoms with van der Waals surface area (Å²) in [5.74, 6) is 0.955. The van der Waals surface area contributed by atoms with Gasteiger partial charge in [0.1, 0.15) is 11.6 Å². The van der Waals surface area contributed by atoms with Crippen LogP contribution < -0.4 is 5.73 Å². The van der Waals surface area contributed by atoms with Crippen molar-refractivity contribution in [2.24, 2.45) is 0 Å². The molecule has 2 rings (SSSR count). The molecule has 0 radical (unpaired) electrons. The molecule has 2 heteroatoms. The molecule has 0 fully saturated rings. The van der Waals surface area contributed by atoms with Crippen LogP contribution in [0.5, 0.6) is 0 Å². The van der Waals surface area contributed by atoms with Crippen molar-refractivity contribution >= 4 is 11.0 Å². The van der Waals surface area contributed by atoms with Crippen LogP contribution in [0, 0.1) is 0 Å². The molecule has 0 bridgehead atoms. The summed E-state index contributed by atoms with van der Waals surface area (Å²) in [4.78, 5) is 0. The van der Waals surface area contributed by atoms with Crippen molar-refractivity contribution in [3.05, 3.63) is 36.1 Å². The molecule has 1 atom stereocenters. The van der Waals surface area contributed by atoms with E-state index in [1.165, 1.54) is 0 Å². The van der Waals surface area contributed by atoms with Crippen molar-refractivity contribution < 1.29 is 10.2 Å². The maximum Gasteiger partial charge on any atom is 0.162 e. The minimum absolute atomic E-state index is 0.220. The maximum absolute atomic E-state index is 5.57. The van der Waals surface area contributed by atoms with Gasteiger partial charge >= 0.3 is 0 Å². The monoisotopic (exact) mass is 162 g/mol. The molecule has 0 aliphatic carbocycles. The molecule has 62 valence electrons. The second-order valence-electron chi connectivity index (χ2n) is 3.09. The predicted molar refractivity (Wildman–Crippen MR) is 47.5 cm³/mol. The third kappa shape index (κ3) is 1.10. The summed E-state index contributed by atoms with van der Waals surface area (Å²) >= 11 is 0. The summed E-state index contributed by atoms with van der Waals surface area (Å²) in [5.41, 5.74) is 4.86. The Labute approximate surface area is 71.0 Å². The van der Waals surface area contributed by atoms with Crippen LogP contribution >= 0.6 is 0 Å². The zero-order chi connectivity index (χ0) is 8.55.